The Morgan fingerprint density at radius 2 is 2.25 bits per heavy atom. The molecule has 0 aliphatic heterocycles. The number of anilines is 2. The summed E-state index contributed by atoms with van der Waals surface area (Å²) < 4.78 is 24.6. The van der Waals surface area contributed by atoms with Crippen molar-refractivity contribution in [3.63, 3.8) is 0 Å². The van der Waals surface area contributed by atoms with Crippen molar-refractivity contribution >= 4 is 23.4 Å². The van der Waals surface area contributed by atoms with E-state index in [0.29, 0.717) is 0 Å². The van der Waals surface area contributed by atoms with Gasteiger partial charge in [0.25, 0.3) is 6.43 Å². The van der Waals surface area contributed by atoms with Gasteiger partial charge in [-0.05, 0) is 0 Å². The summed E-state index contributed by atoms with van der Waals surface area (Å²) in [5, 5.41) is 8.88. The number of hydrogen-bond acceptors (Lipinski definition) is 5. The van der Waals surface area contributed by atoms with E-state index >= 15 is 0 Å². The first-order valence-corrected chi connectivity index (χ1v) is 4.84. The van der Waals surface area contributed by atoms with E-state index in [1.807, 2.05) is 0 Å². The van der Waals surface area contributed by atoms with Crippen LogP contribution >= 0.6 is 11.6 Å². The van der Waals surface area contributed by atoms with Crippen LogP contribution in [-0.4, -0.2) is 41.2 Å². The Kier molecular flexibility index (Phi) is 4.63. The van der Waals surface area contributed by atoms with Crippen LogP contribution in [0.15, 0.2) is 6.20 Å². The van der Waals surface area contributed by atoms with Crippen LogP contribution in [0.4, 0.5) is 20.5 Å². The van der Waals surface area contributed by atoms with Gasteiger partial charge >= 0.3 is 0 Å². The lowest BCUT2D eigenvalue weighted by Gasteiger charge is -2.23. The lowest BCUT2D eigenvalue weighted by Crippen LogP contribution is -2.32. The normalized spacial score (nSPS) is 10.8. The fraction of sp³-hybridized carbons (Fsp3) is 0.500. The van der Waals surface area contributed by atoms with Gasteiger partial charge < -0.3 is 15.7 Å². The number of halogens is 3. The van der Waals surface area contributed by atoms with Crippen molar-refractivity contribution in [2.75, 3.05) is 30.3 Å². The topological polar surface area (TPSA) is 75.3 Å². The van der Waals surface area contributed by atoms with E-state index in [1.54, 1.807) is 0 Å². The zero-order chi connectivity index (χ0) is 12.1. The number of aromatic nitrogens is 2. The largest absolute Gasteiger partial charge is 0.395 e. The van der Waals surface area contributed by atoms with Gasteiger partial charge in [0.2, 0.25) is 5.95 Å². The molecule has 16 heavy (non-hydrogen) atoms. The van der Waals surface area contributed by atoms with Crippen LogP contribution in [0.2, 0.25) is 5.02 Å². The molecule has 1 rings (SSSR count). The summed E-state index contributed by atoms with van der Waals surface area (Å²) in [4.78, 5) is 8.54. The van der Waals surface area contributed by atoms with Crippen LogP contribution in [-0.2, 0) is 0 Å². The van der Waals surface area contributed by atoms with Crippen molar-refractivity contribution in [2.24, 2.45) is 0 Å². The molecule has 0 unspecified atom stereocenters. The quantitative estimate of drug-likeness (QED) is 0.810. The van der Waals surface area contributed by atoms with E-state index in [1.165, 1.54) is 6.20 Å². The maximum atomic E-state index is 12.3. The smallest absolute Gasteiger partial charge is 0.255 e. The highest BCUT2D eigenvalue weighted by atomic mass is 35.5. The molecule has 1 aromatic heterocycles. The van der Waals surface area contributed by atoms with Crippen LogP contribution in [0.25, 0.3) is 0 Å². The van der Waals surface area contributed by atoms with E-state index in [0.717, 1.165) is 4.90 Å². The minimum absolute atomic E-state index is 0.000509. The van der Waals surface area contributed by atoms with E-state index in [2.05, 4.69) is 9.97 Å². The van der Waals surface area contributed by atoms with Gasteiger partial charge in [-0.3, -0.25) is 0 Å². The summed E-state index contributed by atoms with van der Waals surface area (Å²) in [6, 6.07) is 0. The first-order valence-electron chi connectivity index (χ1n) is 4.46. The Hall–Kier alpha value is -1.21. The Labute approximate surface area is 95.9 Å². The second-order valence-electron chi connectivity index (χ2n) is 2.96. The van der Waals surface area contributed by atoms with Crippen LogP contribution < -0.4 is 10.6 Å². The third-order valence-corrected chi connectivity index (χ3v) is 2.04. The standard InChI is InChI=1S/C8H11ClF2N4O/c9-5-3-13-8(12)14-7(5)15(1-2-16)4-6(10)11/h3,6,16H,1-2,4H2,(H2,12,13,14). The zero-order valence-corrected chi connectivity index (χ0v) is 9.03. The molecule has 1 aromatic rings. The number of nitrogens with zero attached hydrogens (tertiary/aromatic N) is 3. The molecule has 0 saturated heterocycles. The molecule has 0 amide bonds. The van der Waals surface area contributed by atoms with Crippen LogP contribution in [0.1, 0.15) is 0 Å². The molecule has 0 spiro atoms. The molecule has 0 atom stereocenters. The highest BCUT2D eigenvalue weighted by Gasteiger charge is 2.17. The summed E-state index contributed by atoms with van der Waals surface area (Å²) in [5.74, 6) is 0.0418. The molecule has 0 aliphatic carbocycles. The average molecular weight is 253 g/mol. The van der Waals surface area contributed by atoms with Crippen molar-refractivity contribution in [1.82, 2.24) is 9.97 Å². The van der Waals surface area contributed by atoms with E-state index in [9.17, 15) is 8.78 Å². The second-order valence-corrected chi connectivity index (χ2v) is 3.37. The molecular weight excluding hydrogens is 242 g/mol. The van der Waals surface area contributed by atoms with Crippen molar-refractivity contribution < 1.29 is 13.9 Å². The predicted octanol–water partition coefficient (Wildman–Crippen LogP) is 0.776. The number of aliphatic hydroxyl groups excluding tert-OH is 1. The number of rotatable bonds is 5. The molecule has 8 heteroatoms. The molecule has 1 heterocycles. The van der Waals surface area contributed by atoms with Gasteiger partial charge in [0.1, 0.15) is 5.02 Å². The number of alkyl halides is 2. The number of hydrogen-bond donors (Lipinski definition) is 2. The van der Waals surface area contributed by atoms with Crippen molar-refractivity contribution in [1.29, 1.82) is 0 Å². The molecule has 5 nitrogen and oxygen atoms in total. The first kappa shape index (κ1) is 12.9. The Balaban J connectivity index is 2.94. The summed E-state index contributed by atoms with van der Waals surface area (Å²) in [6.07, 6.45) is -1.33. The number of nitrogens with two attached hydrogens (primary N) is 1. The zero-order valence-electron chi connectivity index (χ0n) is 8.28. The second kappa shape index (κ2) is 5.76. The Bertz CT molecular complexity index is 353. The molecule has 3 N–H and O–H groups in total. The highest BCUT2D eigenvalue weighted by molar-refractivity contribution is 6.32. The molecule has 0 fully saturated rings. The maximum Gasteiger partial charge on any atom is 0.255 e. The van der Waals surface area contributed by atoms with Gasteiger partial charge in [0.05, 0.1) is 19.3 Å². The highest BCUT2D eigenvalue weighted by Crippen LogP contribution is 2.23. The molecule has 0 aliphatic rings. The van der Waals surface area contributed by atoms with Crippen LogP contribution in [0.5, 0.6) is 0 Å². The lowest BCUT2D eigenvalue weighted by atomic mass is 10.4. The minimum Gasteiger partial charge on any atom is -0.395 e. The number of aliphatic hydroxyl groups is 1. The monoisotopic (exact) mass is 252 g/mol. The van der Waals surface area contributed by atoms with Gasteiger partial charge in [-0.1, -0.05) is 11.6 Å². The van der Waals surface area contributed by atoms with Crippen LogP contribution in [0.3, 0.4) is 0 Å². The van der Waals surface area contributed by atoms with Gasteiger partial charge in [-0.25, -0.2) is 13.8 Å². The third kappa shape index (κ3) is 3.42. The summed E-state index contributed by atoms with van der Waals surface area (Å²) >= 11 is 5.76. The van der Waals surface area contributed by atoms with Gasteiger partial charge in [-0.15, -0.1) is 0 Å². The molecular formula is C8H11ClF2N4O. The van der Waals surface area contributed by atoms with E-state index < -0.39 is 13.0 Å². The van der Waals surface area contributed by atoms with E-state index in [4.69, 9.17) is 22.4 Å². The maximum absolute atomic E-state index is 12.3. The molecule has 0 bridgehead atoms. The van der Waals surface area contributed by atoms with E-state index in [-0.39, 0.29) is 29.9 Å². The summed E-state index contributed by atoms with van der Waals surface area (Å²) in [6.45, 7) is -0.857. The van der Waals surface area contributed by atoms with Gasteiger partial charge in [-0.2, -0.15) is 4.98 Å². The molecule has 0 aromatic carbocycles. The fourth-order valence-corrected chi connectivity index (χ4v) is 1.37. The van der Waals surface area contributed by atoms with Crippen molar-refractivity contribution in [3.05, 3.63) is 11.2 Å². The van der Waals surface area contributed by atoms with Crippen molar-refractivity contribution in [2.45, 2.75) is 6.43 Å². The Morgan fingerprint density at radius 1 is 1.56 bits per heavy atom. The average Bonchev–Trinajstić information content (AvgIpc) is 2.20. The third-order valence-electron chi connectivity index (χ3n) is 1.77. The van der Waals surface area contributed by atoms with Gasteiger partial charge in [0.15, 0.2) is 5.82 Å². The molecule has 0 saturated carbocycles. The minimum atomic E-state index is -2.56. The predicted molar refractivity (Wildman–Crippen MR) is 56.8 cm³/mol. The first-order chi connectivity index (χ1) is 7.54. The SMILES string of the molecule is Nc1ncc(Cl)c(N(CCO)CC(F)F)n1. The van der Waals surface area contributed by atoms with Crippen molar-refractivity contribution in [3.8, 4) is 0 Å². The molecule has 0 radical (unpaired) electrons. The fourth-order valence-electron chi connectivity index (χ4n) is 1.16. The lowest BCUT2D eigenvalue weighted by molar-refractivity contribution is 0.152. The molecule has 90 valence electrons. The van der Waals surface area contributed by atoms with Gasteiger partial charge in [0, 0.05) is 6.54 Å². The summed E-state index contributed by atoms with van der Waals surface area (Å²) in [5.41, 5.74) is 5.33. The van der Waals surface area contributed by atoms with Crippen LogP contribution in [0, 0.1) is 0 Å². The number of nitrogen functional groups attached to an aromatic ring is 1. The summed E-state index contributed by atoms with van der Waals surface area (Å²) in [7, 11) is 0. The Morgan fingerprint density at radius 3 is 2.81 bits per heavy atom.